The molecule has 1 aliphatic carbocycles. The van der Waals surface area contributed by atoms with Crippen molar-refractivity contribution in [3.63, 3.8) is 0 Å². The Kier molecular flexibility index (Phi) is 4.02. The molecular weight excluding hydrogens is 352 g/mol. The van der Waals surface area contributed by atoms with Gasteiger partial charge in [-0.15, -0.1) is 0 Å². The lowest BCUT2D eigenvalue weighted by Crippen LogP contribution is -2.67. The van der Waals surface area contributed by atoms with Crippen LogP contribution in [0.4, 0.5) is 0 Å². The molecule has 4 bridgehead atoms. The summed E-state index contributed by atoms with van der Waals surface area (Å²) in [6, 6.07) is 6.52. The maximum atomic E-state index is 13.5. The van der Waals surface area contributed by atoms with Gasteiger partial charge in [-0.1, -0.05) is 13.3 Å². The van der Waals surface area contributed by atoms with Crippen molar-refractivity contribution in [2.45, 2.75) is 44.1 Å². The minimum Gasteiger partial charge on any atom is -0.497 e. The van der Waals surface area contributed by atoms with Crippen molar-refractivity contribution in [3.05, 3.63) is 29.5 Å². The first-order chi connectivity index (χ1) is 13.5. The van der Waals surface area contributed by atoms with E-state index in [4.69, 9.17) is 9.47 Å². The van der Waals surface area contributed by atoms with E-state index < -0.39 is 5.41 Å². The van der Waals surface area contributed by atoms with Crippen LogP contribution in [0.3, 0.4) is 0 Å². The van der Waals surface area contributed by atoms with Crippen LogP contribution >= 0.6 is 0 Å². The average molecular weight is 383 g/mol. The molecule has 6 rings (SSSR count). The Balaban J connectivity index is 1.83. The number of hydrogen-bond donors (Lipinski definition) is 0. The van der Waals surface area contributed by atoms with Gasteiger partial charge >= 0.3 is 5.97 Å². The number of piperidine rings is 2. The van der Waals surface area contributed by atoms with Crippen molar-refractivity contribution in [2.75, 3.05) is 27.3 Å². The molecule has 1 saturated carbocycles. The summed E-state index contributed by atoms with van der Waals surface area (Å²) in [5.74, 6) is 1.93. The molecule has 0 amide bonds. The number of aryl methyl sites for hydroxylation is 1. The van der Waals surface area contributed by atoms with E-state index in [0.717, 1.165) is 38.1 Å². The van der Waals surface area contributed by atoms with Crippen LogP contribution in [-0.2, 0) is 28.4 Å². The molecule has 1 aromatic carbocycles. The van der Waals surface area contributed by atoms with E-state index in [1.165, 1.54) is 28.6 Å². The Labute approximate surface area is 166 Å². The number of rotatable bonds is 3. The zero-order chi connectivity index (χ0) is 19.6. The molecule has 150 valence electrons. The Hall–Kier alpha value is -2.01. The molecular formula is C23H30N2O3. The molecule has 1 aromatic heterocycles. The fraction of sp³-hybridized carbons (Fsp3) is 0.609. The zero-order valence-electron chi connectivity index (χ0n) is 17.3. The van der Waals surface area contributed by atoms with Crippen molar-refractivity contribution >= 4 is 16.9 Å². The Morgan fingerprint density at radius 1 is 1.32 bits per heavy atom. The molecule has 3 aliphatic heterocycles. The van der Waals surface area contributed by atoms with Gasteiger partial charge in [0.2, 0.25) is 0 Å². The van der Waals surface area contributed by atoms with Gasteiger partial charge in [0.1, 0.15) is 11.2 Å². The first kappa shape index (κ1) is 18.0. The highest BCUT2D eigenvalue weighted by Gasteiger charge is 2.63. The summed E-state index contributed by atoms with van der Waals surface area (Å²) in [6.45, 7) is 4.41. The van der Waals surface area contributed by atoms with Crippen molar-refractivity contribution in [3.8, 4) is 5.75 Å². The second kappa shape index (κ2) is 6.24. The summed E-state index contributed by atoms with van der Waals surface area (Å²) in [5, 5.41) is 1.22. The van der Waals surface area contributed by atoms with Gasteiger partial charge in [0.05, 0.1) is 14.2 Å². The molecule has 4 heterocycles. The van der Waals surface area contributed by atoms with Crippen LogP contribution in [0.25, 0.3) is 10.9 Å². The van der Waals surface area contributed by atoms with Crippen molar-refractivity contribution < 1.29 is 14.3 Å². The van der Waals surface area contributed by atoms with E-state index in [1.807, 2.05) is 6.07 Å². The van der Waals surface area contributed by atoms with Crippen LogP contribution in [0.1, 0.15) is 37.4 Å². The highest BCUT2D eigenvalue weighted by molar-refractivity contribution is 5.93. The maximum Gasteiger partial charge on any atom is 0.319 e. The third-order valence-electron chi connectivity index (χ3n) is 7.74. The van der Waals surface area contributed by atoms with Crippen LogP contribution in [-0.4, -0.2) is 48.8 Å². The summed E-state index contributed by atoms with van der Waals surface area (Å²) >= 11 is 0. The molecule has 28 heavy (non-hydrogen) atoms. The van der Waals surface area contributed by atoms with Crippen LogP contribution in [0, 0.1) is 11.8 Å². The van der Waals surface area contributed by atoms with E-state index in [0.29, 0.717) is 11.8 Å². The molecule has 2 saturated heterocycles. The van der Waals surface area contributed by atoms with Gasteiger partial charge in [0, 0.05) is 42.8 Å². The number of ether oxygens (including phenoxy) is 2. The number of carbonyl (C=O) groups excluding carboxylic acids is 1. The standard InChI is InChI=1S/C23H30N2O3/c1-5-15-10-14-12-23(22(26)28-4)20(15)25(13-14)9-8-17-18-11-16(27-3)6-7-19(18)24(2)21(17)23/h6-7,11,14-15,20H,5,8-10,12-13H2,1-4H3/t14-,15?,20?,23-/m0/s1. The molecule has 4 aliphatic rings. The number of benzene rings is 1. The summed E-state index contributed by atoms with van der Waals surface area (Å²) < 4.78 is 13.3. The second-order valence-corrected chi connectivity index (χ2v) is 8.90. The summed E-state index contributed by atoms with van der Waals surface area (Å²) in [4.78, 5) is 16.1. The molecule has 3 fully saturated rings. The SMILES string of the molecule is CCC1C[C@@H]2CN3CCc4c(n(C)c5ccc(OC)cc45)[C@](C(=O)OC)(C2)C13. The van der Waals surface area contributed by atoms with Gasteiger partial charge in [-0.3, -0.25) is 9.69 Å². The average Bonchev–Trinajstić information content (AvgIpc) is 2.96. The lowest BCUT2D eigenvalue weighted by Gasteiger charge is -2.58. The van der Waals surface area contributed by atoms with Crippen molar-refractivity contribution in [1.29, 1.82) is 0 Å². The topological polar surface area (TPSA) is 43.7 Å². The number of methoxy groups -OCH3 is 2. The monoisotopic (exact) mass is 382 g/mol. The molecule has 5 nitrogen and oxygen atoms in total. The van der Waals surface area contributed by atoms with E-state index in [9.17, 15) is 4.79 Å². The zero-order valence-corrected chi connectivity index (χ0v) is 17.3. The van der Waals surface area contributed by atoms with Gasteiger partial charge in [-0.25, -0.2) is 0 Å². The van der Waals surface area contributed by atoms with Gasteiger partial charge in [-0.05, 0) is 54.9 Å². The fourth-order valence-corrected chi connectivity index (χ4v) is 6.86. The van der Waals surface area contributed by atoms with Crippen LogP contribution in [0.15, 0.2) is 18.2 Å². The minimum atomic E-state index is -0.566. The molecule has 5 heteroatoms. The molecule has 0 spiro atoms. The normalized spacial score (nSPS) is 33.4. The first-order valence-electron chi connectivity index (χ1n) is 10.5. The highest BCUT2D eigenvalue weighted by Crippen LogP contribution is 2.56. The predicted molar refractivity (Wildman–Crippen MR) is 109 cm³/mol. The summed E-state index contributed by atoms with van der Waals surface area (Å²) in [7, 11) is 5.39. The molecule has 3 unspecified atom stereocenters. The number of aromatic nitrogens is 1. The van der Waals surface area contributed by atoms with Crippen LogP contribution in [0.2, 0.25) is 0 Å². The van der Waals surface area contributed by atoms with Crippen molar-refractivity contribution in [2.24, 2.45) is 18.9 Å². The van der Waals surface area contributed by atoms with Gasteiger partial charge in [-0.2, -0.15) is 0 Å². The largest absolute Gasteiger partial charge is 0.497 e. The number of esters is 1. The van der Waals surface area contributed by atoms with Gasteiger partial charge in [0.25, 0.3) is 0 Å². The van der Waals surface area contributed by atoms with Crippen LogP contribution < -0.4 is 4.74 Å². The minimum absolute atomic E-state index is 0.0497. The molecule has 5 atom stereocenters. The third kappa shape index (κ3) is 2.14. The first-order valence-corrected chi connectivity index (χ1v) is 10.5. The van der Waals surface area contributed by atoms with Gasteiger partial charge in [0.15, 0.2) is 0 Å². The maximum absolute atomic E-state index is 13.5. The summed E-state index contributed by atoms with van der Waals surface area (Å²) in [5.41, 5.74) is 3.12. The number of nitrogens with zero attached hydrogens (tertiary/aromatic N) is 2. The van der Waals surface area contributed by atoms with Crippen LogP contribution in [0.5, 0.6) is 5.75 Å². The quantitative estimate of drug-likeness (QED) is 0.764. The fourth-order valence-electron chi connectivity index (χ4n) is 6.86. The summed E-state index contributed by atoms with van der Waals surface area (Å²) in [6.07, 6.45) is 4.23. The Morgan fingerprint density at radius 3 is 2.86 bits per heavy atom. The van der Waals surface area contributed by atoms with E-state index in [1.54, 1.807) is 14.2 Å². The van der Waals surface area contributed by atoms with E-state index in [-0.39, 0.29) is 12.0 Å². The van der Waals surface area contributed by atoms with E-state index >= 15 is 0 Å². The Morgan fingerprint density at radius 2 is 2.14 bits per heavy atom. The third-order valence-corrected chi connectivity index (χ3v) is 7.74. The molecule has 2 aromatic rings. The number of hydrogen-bond acceptors (Lipinski definition) is 4. The number of carbonyl (C=O) groups is 1. The lowest BCUT2D eigenvalue weighted by molar-refractivity contribution is -0.162. The van der Waals surface area contributed by atoms with Gasteiger partial charge < -0.3 is 14.0 Å². The predicted octanol–water partition coefficient (Wildman–Crippen LogP) is 3.27. The second-order valence-electron chi connectivity index (χ2n) is 8.90. The smallest absolute Gasteiger partial charge is 0.319 e. The van der Waals surface area contributed by atoms with E-state index in [2.05, 4.69) is 35.6 Å². The molecule has 0 radical (unpaired) electrons. The molecule has 0 N–H and O–H groups in total. The lowest BCUT2D eigenvalue weighted by atomic mass is 9.56. The number of fused-ring (bicyclic) bond motifs is 4. The Bertz CT molecular complexity index is 949. The van der Waals surface area contributed by atoms with Crippen molar-refractivity contribution in [1.82, 2.24) is 9.47 Å². The highest BCUT2D eigenvalue weighted by atomic mass is 16.5.